The maximum absolute atomic E-state index is 11.0. The third kappa shape index (κ3) is 2.44. The van der Waals surface area contributed by atoms with Crippen LogP contribution in [0.25, 0.3) is 0 Å². The van der Waals surface area contributed by atoms with E-state index in [0.717, 1.165) is 30.9 Å². The average Bonchev–Trinajstić information content (AvgIpc) is 2.33. The predicted molar refractivity (Wildman–Crippen MR) is 78.3 cm³/mol. The summed E-state index contributed by atoms with van der Waals surface area (Å²) >= 11 is 0. The minimum absolute atomic E-state index is 0.450. The molecule has 1 heterocycles. The van der Waals surface area contributed by atoms with Crippen LogP contribution in [0.5, 0.6) is 0 Å². The van der Waals surface area contributed by atoms with Crippen molar-refractivity contribution in [1.82, 2.24) is 4.90 Å². The van der Waals surface area contributed by atoms with E-state index >= 15 is 0 Å². The minimum Gasteiger partial charge on any atom is -0.385 e. The largest absolute Gasteiger partial charge is 0.385 e. The van der Waals surface area contributed by atoms with Crippen LogP contribution in [0.1, 0.15) is 56.1 Å². The first-order valence-corrected chi connectivity index (χ1v) is 7.61. The summed E-state index contributed by atoms with van der Waals surface area (Å²) in [7, 11) is 2.15. The van der Waals surface area contributed by atoms with Crippen LogP contribution in [0.2, 0.25) is 0 Å². The smallest absolute Gasteiger partial charge is 0.0923 e. The molecule has 1 saturated carbocycles. The number of rotatable bonds is 2. The Kier molecular flexibility index (Phi) is 3.40. The number of piperidine rings is 1. The van der Waals surface area contributed by atoms with Crippen molar-refractivity contribution < 1.29 is 5.11 Å². The molecule has 2 fully saturated rings. The first-order valence-electron chi connectivity index (χ1n) is 7.61. The second-order valence-electron chi connectivity index (χ2n) is 6.57. The highest BCUT2D eigenvalue weighted by Gasteiger charge is 2.36. The Hall–Kier alpha value is -0.860. The van der Waals surface area contributed by atoms with E-state index in [0.29, 0.717) is 6.04 Å². The van der Waals surface area contributed by atoms with E-state index in [4.69, 9.17) is 0 Å². The molecular weight excluding hydrogens is 234 g/mol. The molecule has 0 radical (unpaired) electrons. The number of hydrogen-bond donors (Lipinski definition) is 1. The molecule has 19 heavy (non-hydrogen) atoms. The maximum Gasteiger partial charge on any atom is 0.0923 e. The lowest BCUT2D eigenvalue weighted by molar-refractivity contribution is -0.0409. The van der Waals surface area contributed by atoms with Crippen LogP contribution in [0.4, 0.5) is 0 Å². The maximum atomic E-state index is 11.0. The summed E-state index contributed by atoms with van der Waals surface area (Å²) in [6.07, 6.45) is 5.70. The minimum atomic E-state index is -0.619. The third-order valence-corrected chi connectivity index (χ3v) is 5.26. The van der Waals surface area contributed by atoms with Crippen LogP contribution in [0, 0.1) is 0 Å². The zero-order valence-corrected chi connectivity index (χ0v) is 12.1. The standard InChI is InChI=1S/C17H25NO/c1-13-12-17(19,9-10-18(13)2)16-8-4-7-15(11-16)14-5-3-6-14/h4,7-8,11,13-14,19H,3,5-6,9-10,12H2,1-2H3. The number of hydrogen-bond acceptors (Lipinski definition) is 2. The highest BCUT2D eigenvalue weighted by atomic mass is 16.3. The van der Waals surface area contributed by atoms with Gasteiger partial charge in [0.05, 0.1) is 5.60 Å². The zero-order chi connectivity index (χ0) is 13.5. The predicted octanol–water partition coefficient (Wildman–Crippen LogP) is 3.26. The van der Waals surface area contributed by atoms with Crippen LogP contribution in [-0.2, 0) is 5.60 Å². The summed E-state index contributed by atoms with van der Waals surface area (Å²) in [4.78, 5) is 2.34. The van der Waals surface area contributed by atoms with Crippen molar-refractivity contribution in [3.63, 3.8) is 0 Å². The first kappa shape index (κ1) is 13.1. The molecule has 2 atom stereocenters. The number of aliphatic hydroxyl groups is 1. The van der Waals surface area contributed by atoms with E-state index in [1.165, 1.54) is 24.8 Å². The molecule has 1 N–H and O–H groups in total. The van der Waals surface area contributed by atoms with Crippen molar-refractivity contribution in [3.8, 4) is 0 Å². The third-order valence-electron chi connectivity index (χ3n) is 5.26. The Balaban J connectivity index is 1.84. The fourth-order valence-corrected chi connectivity index (χ4v) is 3.41. The van der Waals surface area contributed by atoms with Crippen molar-refractivity contribution >= 4 is 0 Å². The van der Waals surface area contributed by atoms with Crippen LogP contribution in [0.15, 0.2) is 24.3 Å². The molecule has 1 saturated heterocycles. The highest BCUT2D eigenvalue weighted by Crippen LogP contribution is 2.40. The summed E-state index contributed by atoms with van der Waals surface area (Å²) in [6.45, 7) is 3.19. The first-order chi connectivity index (χ1) is 9.08. The Morgan fingerprint density at radius 3 is 2.74 bits per heavy atom. The molecular formula is C17H25NO. The molecule has 1 aromatic carbocycles. The van der Waals surface area contributed by atoms with Gasteiger partial charge in [0.25, 0.3) is 0 Å². The van der Waals surface area contributed by atoms with Gasteiger partial charge in [-0.15, -0.1) is 0 Å². The summed E-state index contributed by atoms with van der Waals surface area (Å²) in [5.74, 6) is 0.743. The molecule has 2 heteroatoms. The summed E-state index contributed by atoms with van der Waals surface area (Å²) < 4.78 is 0. The second-order valence-corrected chi connectivity index (χ2v) is 6.57. The Labute approximate surface area is 116 Å². The van der Waals surface area contributed by atoms with Gasteiger partial charge in [-0.2, -0.15) is 0 Å². The van der Waals surface area contributed by atoms with Gasteiger partial charge in [-0.1, -0.05) is 30.7 Å². The highest BCUT2D eigenvalue weighted by molar-refractivity contribution is 5.32. The second kappa shape index (κ2) is 4.92. The van der Waals surface area contributed by atoms with Crippen LogP contribution >= 0.6 is 0 Å². The average molecular weight is 259 g/mol. The quantitative estimate of drug-likeness (QED) is 0.881. The van der Waals surface area contributed by atoms with Gasteiger partial charge in [0.15, 0.2) is 0 Å². The zero-order valence-electron chi connectivity index (χ0n) is 12.1. The van der Waals surface area contributed by atoms with Crippen molar-refractivity contribution in [2.45, 2.75) is 56.6 Å². The van der Waals surface area contributed by atoms with Crippen LogP contribution in [0.3, 0.4) is 0 Å². The monoisotopic (exact) mass is 259 g/mol. The SMILES string of the molecule is CC1CC(O)(c2cccc(C3CCC3)c2)CCN1C. The summed E-state index contributed by atoms with van der Waals surface area (Å²) in [5.41, 5.74) is 1.95. The molecule has 1 aliphatic heterocycles. The van der Waals surface area contributed by atoms with Gasteiger partial charge in [0.1, 0.15) is 0 Å². The van der Waals surface area contributed by atoms with E-state index in [1.807, 2.05) is 0 Å². The fourth-order valence-electron chi connectivity index (χ4n) is 3.41. The molecule has 0 aromatic heterocycles. The topological polar surface area (TPSA) is 23.5 Å². The van der Waals surface area contributed by atoms with Gasteiger partial charge in [-0.3, -0.25) is 0 Å². The van der Waals surface area contributed by atoms with Crippen LogP contribution in [-0.4, -0.2) is 29.6 Å². The van der Waals surface area contributed by atoms with Crippen molar-refractivity contribution in [3.05, 3.63) is 35.4 Å². The molecule has 2 aliphatic rings. The lowest BCUT2D eigenvalue weighted by Gasteiger charge is -2.41. The van der Waals surface area contributed by atoms with E-state index < -0.39 is 5.60 Å². The lowest BCUT2D eigenvalue weighted by atomic mass is 9.76. The molecule has 104 valence electrons. The summed E-state index contributed by atoms with van der Waals surface area (Å²) in [5, 5.41) is 11.0. The normalized spacial score (nSPS) is 33.1. The van der Waals surface area contributed by atoms with Gasteiger partial charge in [0, 0.05) is 12.6 Å². The molecule has 3 rings (SSSR count). The van der Waals surface area contributed by atoms with Crippen LogP contribution < -0.4 is 0 Å². The Morgan fingerprint density at radius 1 is 1.32 bits per heavy atom. The number of benzene rings is 1. The van der Waals surface area contributed by atoms with Crippen molar-refractivity contribution in [2.75, 3.05) is 13.6 Å². The van der Waals surface area contributed by atoms with Gasteiger partial charge >= 0.3 is 0 Å². The van der Waals surface area contributed by atoms with Crippen molar-refractivity contribution in [2.24, 2.45) is 0 Å². The van der Waals surface area contributed by atoms with E-state index in [-0.39, 0.29) is 0 Å². The fraction of sp³-hybridized carbons (Fsp3) is 0.647. The molecule has 0 bridgehead atoms. The Bertz CT molecular complexity index is 454. The van der Waals surface area contributed by atoms with Gasteiger partial charge in [-0.25, -0.2) is 0 Å². The van der Waals surface area contributed by atoms with Crippen molar-refractivity contribution in [1.29, 1.82) is 0 Å². The number of nitrogens with zero attached hydrogens (tertiary/aromatic N) is 1. The van der Waals surface area contributed by atoms with E-state index in [9.17, 15) is 5.11 Å². The van der Waals surface area contributed by atoms with E-state index in [2.05, 4.69) is 43.1 Å². The molecule has 0 spiro atoms. The molecule has 2 nitrogen and oxygen atoms in total. The summed E-state index contributed by atoms with van der Waals surface area (Å²) in [6, 6.07) is 9.19. The van der Waals surface area contributed by atoms with E-state index in [1.54, 1.807) is 0 Å². The molecule has 0 amide bonds. The lowest BCUT2D eigenvalue weighted by Crippen LogP contribution is -2.45. The molecule has 1 aromatic rings. The van der Waals surface area contributed by atoms with Gasteiger partial charge < -0.3 is 10.0 Å². The van der Waals surface area contributed by atoms with Gasteiger partial charge in [-0.05, 0) is 56.7 Å². The molecule has 1 aliphatic carbocycles. The Morgan fingerprint density at radius 2 is 2.11 bits per heavy atom. The number of likely N-dealkylation sites (tertiary alicyclic amines) is 1. The van der Waals surface area contributed by atoms with Gasteiger partial charge in [0.2, 0.25) is 0 Å². The molecule has 2 unspecified atom stereocenters.